The number of nitrogens with zero attached hydrogens (tertiary/aromatic N) is 1. The minimum Gasteiger partial charge on any atom is -0.383 e. The highest BCUT2D eigenvalue weighted by Crippen LogP contribution is 2.27. The van der Waals surface area contributed by atoms with Gasteiger partial charge in [-0.3, -0.25) is 4.79 Å². The smallest absolute Gasteiger partial charge is 0.251 e. The fourth-order valence-electron chi connectivity index (χ4n) is 3.35. The first-order valence-electron chi connectivity index (χ1n) is 8.64. The van der Waals surface area contributed by atoms with Crippen molar-refractivity contribution in [2.24, 2.45) is 11.8 Å². The van der Waals surface area contributed by atoms with Gasteiger partial charge in [0.1, 0.15) is 0 Å². The van der Waals surface area contributed by atoms with Gasteiger partial charge in [0.2, 0.25) is 10.0 Å². The van der Waals surface area contributed by atoms with Gasteiger partial charge in [0, 0.05) is 31.8 Å². The molecule has 0 aromatic heterocycles. The van der Waals surface area contributed by atoms with E-state index in [-0.39, 0.29) is 16.8 Å². The van der Waals surface area contributed by atoms with Gasteiger partial charge in [-0.05, 0) is 43.4 Å². The standard InChI is InChI=1S/C18H28N2O4S/c1-13-8-14(2)11-20(10-13)25(22,23)17-7-5-6-16(9-17)18(21)19-15(3)12-24-4/h5-7,9,13-15H,8,10-12H2,1-4H3,(H,19,21). The van der Waals surface area contributed by atoms with Crippen LogP contribution in [0.4, 0.5) is 0 Å². The third kappa shape index (κ3) is 5.03. The summed E-state index contributed by atoms with van der Waals surface area (Å²) < 4.78 is 32.4. The molecule has 0 aliphatic carbocycles. The summed E-state index contributed by atoms with van der Waals surface area (Å²) in [4.78, 5) is 12.5. The van der Waals surface area contributed by atoms with E-state index in [1.807, 2.05) is 6.92 Å². The number of amides is 1. The summed E-state index contributed by atoms with van der Waals surface area (Å²) in [5.74, 6) is 0.363. The number of piperidine rings is 1. The Morgan fingerprint density at radius 2 is 1.96 bits per heavy atom. The Labute approximate surface area is 150 Å². The molecule has 140 valence electrons. The number of benzene rings is 1. The van der Waals surface area contributed by atoms with Crippen molar-refractivity contribution in [1.29, 1.82) is 0 Å². The Balaban J connectivity index is 2.20. The summed E-state index contributed by atoms with van der Waals surface area (Å²) in [5, 5.41) is 2.80. The van der Waals surface area contributed by atoms with Gasteiger partial charge in [0.25, 0.3) is 5.91 Å². The molecular formula is C18H28N2O4S. The molecule has 7 heteroatoms. The number of carbonyl (C=O) groups is 1. The van der Waals surface area contributed by atoms with E-state index < -0.39 is 10.0 Å². The van der Waals surface area contributed by atoms with Gasteiger partial charge in [-0.2, -0.15) is 4.31 Å². The molecule has 1 aliphatic rings. The number of methoxy groups -OCH3 is 1. The minimum absolute atomic E-state index is 0.151. The Hall–Kier alpha value is -1.44. The molecule has 1 aromatic carbocycles. The normalized spacial score (nSPS) is 23.2. The predicted molar refractivity (Wildman–Crippen MR) is 97.0 cm³/mol. The second-order valence-corrected chi connectivity index (χ2v) is 9.06. The molecule has 3 unspecified atom stereocenters. The summed E-state index contributed by atoms with van der Waals surface area (Å²) in [7, 11) is -2.03. The summed E-state index contributed by atoms with van der Waals surface area (Å²) in [6.45, 7) is 7.41. The second kappa shape index (κ2) is 8.29. The lowest BCUT2D eigenvalue weighted by atomic mass is 9.94. The van der Waals surface area contributed by atoms with Crippen molar-refractivity contribution in [3.8, 4) is 0 Å². The fourth-order valence-corrected chi connectivity index (χ4v) is 5.07. The first kappa shape index (κ1) is 19.9. The maximum Gasteiger partial charge on any atom is 0.251 e. The highest BCUT2D eigenvalue weighted by Gasteiger charge is 2.32. The summed E-state index contributed by atoms with van der Waals surface area (Å²) >= 11 is 0. The zero-order chi connectivity index (χ0) is 18.6. The Bertz CT molecular complexity index is 695. The molecule has 1 aromatic rings. The number of hydrogen-bond donors (Lipinski definition) is 1. The van der Waals surface area contributed by atoms with E-state index in [1.54, 1.807) is 25.3 Å². The van der Waals surface area contributed by atoms with Crippen molar-refractivity contribution in [3.63, 3.8) is 0 Å². The summed E-state index contributed by atoms with van der Waals surface area (Å²) in [5.41, 5.74) is 0.335. The minimum atomic E-state index is -3.59. The molecule has 1 fully saturated rings. The van der Waals surface area contributed by atoms with Crippen LogP contribution in [-0.2, 0) is 14.8 Å². The van der Waals surface area contributed by atoms with Gasteiger partial charge in [0.05, 0.1) is 11.5 Å². The first-order valence-corrected chi connectivity index (χ1v) is 10.1. The van der Waals surface area contributed by atoms with E-state index in [1.165, 1.54) is 10.4 Å². The molecule has 1 heterocycles. The van der Waals surface area contributed by atoms with E-state index >= 15 is 0 Å². The lowest BCUT2D eigenvalue weighted by Gasteiger charge is -2.34. The second-order valence-electron chi connectivity index (χ2n) is 7.13. The largest absolute Gasteiger partial charge is 0.383 e. The fraction of sp³-hybridized carbons (Fsp3) is 0.611. The monoisotopic (exact) mass is 368 g/mol. The van der Waals surface area contributed by atoms with Crippen LogP contribution in [0.15, 0.2) is 29.2 Å². The van der Waals surface area contributed by atoms with Gasteiger partial charge in [-0.15, -0.1) is 0 Å². The van der Waals surface area contributed by atoms with Crippen molar-refractivity contribution in [2.45, 2.75) is 38.1 Å². The lowest BCUT2D eigenvalue weighted by molar-refractivity contribution is 0.0905. The van der Waals surface area contributed by atoms with Gasteiger partial charge < -0.3 is 10.1 Å². The maximum absolute atomic E-state index is 13.0. The number of hydrogen-bond acceptors (Lipinski definition) is 4. The molecule has 1 saturated heterocycles. The van der Waals surface area contributed by atoms with Crippen LogP contribution in [0.25, 0.3) is 0 Å². The Kier molecular flexibility index (Phi) is 6.59. The third-order valence-corrected chi connectivity index (χ3v) is 6.19. The highest BCUT2D eigenvalue weighted by atomic mass is 32.2. The van der Waals surface area contributed by atoms with Gasteiger partial charge in [-0.25, -0.2) is 8.42 Å². The molecule has 2 rings (SSSR count). The van der Waals surface area contributed by atoms with Crippen LogP contribution in [-0.4, -0.2) is 51.5 Å². The Morgan fingerprint density at radius 3 is 2.56 bits per heavy atom. The van der Waals surface area contributed by atoms with Crippen LogP contribution in [0, 0.1) is 11.8 Å². The molecule has 0 radical (unpaired) electrons. The van der Waals surface area contributed by atoms with E-state index in [2.05, 4.69) is 19.2 Å². The summed E-state index contributed by atoms with van der Waals surface area (Å²) in [6.07, 6.45) is 1.03. The van der Waals surface area contributed by atoms with Crippen molar-refractivity contribution < 1.29 is 17.9 Å². The van der Waals surface area contributed by atoms with E-state index in [0.717, 1.165) is 6.42 Å². The molecule has 1 N–H and O–H groups in total. The average Bonchev–Trinajstić information content (AvgIpc) is 2.54. The molecule has 3 atom stereocenters. The van der Waals surface area contributed by atoms with Crippen LogP contribution in [0.5, 0.6) is 0 Å². The maximum atomic E-state index is 13.0. The molecule has 25 heavy (non-hydrogen) atoms. The third-order valence-electron chi connectivity index (χ3n) is 4.36. The number of carbonyl (C=O) groups excluding carboxylic acids is 1. The van der Waals surface area contributed by atoms with Crippen molar-refractivity contribution >= 4 is 15.9 Å². The van der Waals surface area contributed by atoms with Crippen LogP contribution in [0.3, 0.4) is 0 Å². The average molecular weight is 368 g/mol. The molecular weight excluding hydrogens is 340 g/mol. The van der Waals surface area contributed by atoms with Gasteiger partial charge in [-0.1, -0.05) is 19.9 Å². The SMILES string of the molecule is COCC(C)NC(=O)c1cccc(S(=O)(=O)N2CC(C)CC(C)C2)c1. The predicted octanol–water partition coefficient (Wildman–Crippen LogP) is 2.12. The summed E-state index contributed by atoms with van der Waals surface area (Å²) in [6, 6.07) is 6.08. The van der Waals surface area contributed by atoms with Crippen molar-refractivity contribution in [3.05, 3.63) is 29.8 Å². The number of sulfonamides is 1. The quantitative estimate of drug-likeness (QED) is 0.834. The number of nitrogens with one attached hydrogen (secondary N) is 1. The molecule has 1 amide bonds. The number of ether oxygens (including phenoxy) is 1. The van der Waals surface area contributed by atoms with Crippen molar-refractivity contribution in [2.75, 3.05) is 26.8 Å². The lowest BCUT2D eigenvalue weighted by Crippen LogP contribution is -2.42. The zero-order valence-corrected chi connectivity index (χ0v) is 16.2. The number of rotatable bonds is 6. The van der Waals surface area contributed by atoms with Crippen LogP contribution < -0.4 is 5.32 Å². The van der Waals surface area contributed by atoms with Crippen LogP contribution in [0.1, 0.15) is 37.6 Å². The van der Waals surface area contributed by atoms with Crippen LogP contribution >= 0.6 is 0 Å². The molecule has 0 bridgehead atoms. The molecule has 0 saturated carbocycles. The topological polar surface area (TPSA) is 75.7 Å². The van der Waals surface area contributed by atoms with E-state index in [4.69, 9.17) is 4.74 Å². The molecule has 1 aliphatic heterocycles. The molecule has 0 spiro atoms. The van der Waals surface area contributed by atoms with Crippen molar-refractivity contribution in [1.82, 2.24) is 9.62 Å². The van der Waals surface area contributed by atoms with Gasteiger partial charge >= 0.3 is 0 Å². The van der Waals surface area contributed by atoms with E-state index in [0.29, 0.717) is 37.1 Å². The van der Waals surface area contributed by atoms with Gasteiger partial charge in [0.15, 0.2) is 0 Å². The first-order chi connectivity index (χ1) is 11.7. The zero-order valence-electron chi connectivity index (χ0n) is 15.4. The van der Waals surface area contributed by atoms with E-state index in [9.17, 15) is 13.2 Å². The van der Waals surface area contributed by atoms with Crippen LogP contribution in [0.2, 0.25) is 0 Å². The Morgan fingerprint density at radius 1 is 1.32 bits per heavy atom. The molecule has 6 nitrogen and oxygen atoms in total. The highest BCUT2D eigenvalue weighted by molar-refractivity contribution is 7.89.